The van der Waals surface area contributed by atoms with Crippen molar-refractivity contribution in [3.8, 4) is 0 Å². The van der Waals surface area contributed by atoms with E-state index in [1.807, 2.05) is 0 Å². The lowest BCUT2D eigenvalue weighted by atomic mass is 9.85. The summed E-state index contributed by atoms with van der Waals surface area (Å²) in [5.41, 5.74) is 0.541. The average molecular weight is 314 g/mol. The number of hydrogen-bond donors (Lipinski definition) is 2. The topological polar surface area (TPSA) is 75.3 Å². The molecule has 0 radical (unpaired) electrons. The molecule has 0 bridgehead atoms. The maximum atomic E-state index is 12.1. The van der Waals surface area contributed by atoms with Crippen LogP contribution >= 0.6 is 0 Å². The number of ketones is 1. The van der Waals surface area contributed by atoms with Gasteiger partial charge < -0.3 is 10.6 Å². The molecule has 1 heterocycles. The molecular weight excluding hydrogens is 301 g/mol. The molecule has 0 aromatic heterocycles. The van der Waals surface area contributed by atoms with E-state index in [1.165, 1.54) is 5.32 Å². The quantitative estimate of drug-likeness (QED) is 0.806. The lowest BCUT2D eigenvalue weighted by molar-refractivity contribution is -0.147. The number of rotatable bonds is 4. The van der Waals surface area contributed by atoms with Gasteiger partial charge >= 0.3 is 6.18 Å². The SMILES string of the molecule is O=C(NCC(F)(F)F)C(=O)[C@H]1CNC(=O)[C@@H]1c1ccccc1. The molecule has 5 nitrogen and oxygen atoms in total. The van der Waals surface area contributed by atoms with E-state index in [-0.39, 0.29) is 6.54 Å². The summed E-state index contributed by atoms with van der Waals surface area (Å²) in [4.78, 5) is 35.4. The Hall–Kier alpha value is -2.38. The molecule has 1 aromatic rings. The highest BCUT2D eigenvalue weighted by atomic mass is 19.4. The standard InChI is InChI=1S/C14H13F3N2O3/c15-14(16,17)7-19-13(22)11(20)9-6-18-12(21)10(9)8-4-2-1-3-5-8/h1-5,9-10H,6-7H2,(H,18,21)(H,19,22)/t9-,10+/m0/s1. The number of carbonyl (C=O) groups excluding carboxylic acids is 3. The zero-order valence-corrected chi connectivity index (χ0v) is 11.3. The van der Waals surface area contributed by atoms with Gasteiger partial charge in [0.05, 0.1) is 11.8 Å². The molecule has 8 heteroatoms. The van der Waals surface area contributed by atoms with E-state index in [4.69, 9.17) is 0 Å². The van der Waals surface area contributed by atoms with Crippen LogP contribution in [0.5, 0.6) is 0 Å². The second-order valence-corrected chi connectivity index (χ2v) is 4.90. The molecule has 1 aromatic carbocycles. The largest absolute Gasteiger partial charge is 0.405 e. The number of carbonyl (C=O) groups is 3. The fourth-order valence-corrected chi connectivity index (χ4v) is 2.35. The predicted octanol–water partition coefficient (Wildman–Crippen LogP) is 0.764. The third kappa shape index (κ3) is 3.63. The number of benzene rings is 1. The van der Waals surface area contributed by atoms with Crippen molar-refractivity contribution in [3.63, 3.8) is 0 Å². The summed E-state index contributed by atoms with van der Waals surface area (Å²) in [5.74, 6) is -4.67. The van der Waals surface area contributed by atoms with Gasteiger partial charge in [0.1, 0.15) is 6.54 Å². The lowest BCUT2D eigenvalue weighted by Crippen LogP contribution is -2.42. The van der Waals surface area contributed by atoms with Crippen LogP contribution < -0.4 is 10.6 Å². The van der Waals surface area contributed by atoms with Gasteiger partial charge in [-0.25, -0.2) is 0 Å². The summed E-state index contributed by atoms with van der Waals surface area (Å²) in [6.45, 7) is -1.65. The molecule has 0 unspecified atom stereocenters. The first-order chi connectivity index (χ1) is 10.3. The molecule has 0 spiro atoms. The molecule has 0 saturated carbocycles. The van der Waals surface area contributed by atoms with Crippen LogP contribution in [-0.4, -0.2) is 36.9 Å². The smallest absolute Gasteiger partial charge is 0.355 e. The Morgan fingerprint density at radius 1 is 1.23 bits per heavy atom. The van der Waals surface area contributed by atoms with Gasteiger partial charge in [0.15, 0.2) is 0 Å². The van der Waals surface area contributed by atoms with E-state index < -0.39 is 42.2 Å². The number of alkyl halides is 3. The number of halogens is 3. The Bertz CT molecular complexity index is 587. The van der Waals surface area contributed by atoms with Crippen LogP contribution in [0.3, 0.4) is 0 Å². The Balaban J connectivity index is 2.11. The second-order valence-electron chi connectivity index (χ2n) is 4.90. The number of amides is 2. The Kier molecular flexibility index (Phi) is 4.48. The third-order valence-corrected chi connectivity index (χ3v) is 3.35. The third-order valence-electron chi connectivity index (χ3n) is 3.35. The Labute approximate surface area is 123 Å². The fraction of sp³-hybridized carbons (Fsp3) is 0.357. The van der Waals surface area contributed by atoms with Gasteiger partial charge in [-0.15, -0.1) is 0 Å². The molecule has 1 aliphatic heterocycles. The zero-order valence-electron chi connectivity index (χ0n) is 11.3. The van der Waals surface area contributed by atoms with Gasteiger partial charge in [-0.2, -0.15) is 13.2 Å². The van der Waals surface area contributed by atoms with Crippen LogP contribution in [0.4, 0.5) is 13.2 Å². The van der Waals surface area contributed by atoms with Crippen molar-refractivity contribution in [1.29, 1.82) is 0 Å². The van der Waals surface area contributed by atoms with E-state index in [0.29, 0.717) is 5.56 Å². The first-order valence-corrected chi connectivity index (χ1v) is 6.51. The van der Waals surface area contributed by atoms with Gasteiger partial charge in [0.25, 0.3) is 5.91 Å². The van der Waals surface area contributed by atoms with Crippen LogP contribution in [0.2, 0.25) is 0 Å². The van der Waals surface area contributed by atoms with Crippen LogP contribution in [0.15, 0.2) is 30.3 Å². The highest BCUT2D eigenvalue weighted by molar-refractivity contribution is 6.38. The molecular formula is C14H13F3N2O3. The van der Waals surface area contributed by atoms with Gasteiger partial charge in [-0.3, -0.25) is 14.4 Å². The zero-order chi connectivity index (χ0) is 16.3. The van der Waals surface area contributed by atoms with Crippen molar-refractivity contribution >= 4 is 17.6 Å². The molecule has 2 rings (SSSR count). The Morgan fingerprint density at radius 3 is 2.45 bits per heavy atom. The molecule has 1 fully saturated rings. The predicted molar refractivity (Wildman–Crippen MR) is 69.8 cm³/mol. The number of hydrogen-bond acceptors (Lipinski definition) is 3. The van der Waals surface area contributed by atoms with E-state index in [1.54, 1.807) is 30.3 Å². The number of Topliss-reactive ketones (excluding diaryl/α,β-unsaturated/α-hetero) is 1. The van der Waals surface area contributed by atoms with Crippen molar-refractivity contribution in [3.05, 3.63) is 35.9 Å². The summed E-state index contributed by atoms with van der Waals surface area (Å²) >= 11 is 0. The highest BCUT2D eigenvalue weighted by Crippen LogP contribution is 2.29. The maximum Gasteiger partial charge on any atom is 0.405 e. The first-order valence-electron chi connectivity index (χ1n) is 6.51. The summed E-state index contributed by atoms with van der Waals surface area (Å²) in [6.07, 6.45) is -4.60. The van der Waals surface area contributed by atoms with Crippen LogP contribution in [0.1, 0.15) is 11.5 Å². The monoisotopic (exact) mass is 314 g/mol. The van der Waals surface area contributed by atoms with Crippen LogP contribution in [0, 0.1) is 5.92 Å². The molecule has 2 amide bonds. The van der Waals surface area contributed by atoms with E-state index in [9.17, 15) is 27.6 Å². The van der Waals surface area contributed by atoms with Crippen molar-refractivity contribution in [2.75, 3.05) is 13.1 Å². The molecule has 1 aliphatic rings. The fourth-order valence-electron chi connectivity index (χ4n) is 2.35. The summed E-state index contributed by atoms with van der Waals surface area (Å²) in [6, 6.07) is 8.33. The lowest BCUT2D eigenvalue weighted by Gasteiger charge is -2.16. The van der Waals surface area contributed by atoms with Crippen molar-refractivity contribution in [1.82, 2.24) is 10.6 Å². The van der Waals surface area contributed by atoms with Crippen LogP contribution in [-0.2, 0) is 14.4 Å². The molecule has 0 aliphatic carbocycles. The average Bonchev–Trinajstić information content (AvgIpc) is 2.86. The van der Waals surface area contributed by atoms with Gasteiger partial charge in [-0.05, 0) is 5.56 Å². The van der Waals surface area contributed by atoms with Crippen molar-refractivity contribution < 1.29 is 27.6 Å². The van der Waals surface area contributed by atoms with Crippen molar-refractivity contribution in [2.45, 2.75) is 12.1 Å². The minimum atomic E-state index is -4.60. The van der Waals surface area contributed by atoms with E-state index in [2.05, 4.69) is 5.32 Å². The minimum Gasteiger partial charge on any atom is -0.355 e. The van der Waals surface area contributed by atoms with E-state index >= 15 is 0 Å². The molecule has 2 N–H and O–H groups in total. The molecule has 22 heavy (non-hydrogen) atoms. The minimum absolute atomic E-state index is 0.0728. The molecule has 2 atom stereocenters. The van der Waals surface area contributed by atoms with Crippen molar-refractivity contribution in [2.24, 2.45) is 5.92 Å². The highest BCUT2D eigenvalue weighted by Gasteiger charge is 2.43. The maximum absolute atomic E-state index is 12.1. The summed E-state index contributed by atoms with van der Waals surface area (Å²) in [7, 11) is 0. The molecule has 118 valence electrons. The van der Waals surface area contributed by atoms with E-state index in [0.717, 1.165) is 0 Å². The van der Waals surface area contributed by atoms with Gasteiger partial charge in [0.2, 0.25) is 11.7 Å². The Morgan fingerprint density at radius 2 is 1.86 bits per heavy atom. The number of nitrogens with one attached hydrogen (secondary N) is 2. The first kappa shape index (κ1) is 16.0. The second kappa shape index (κ2) is 6.17. The van der Waals surface area contributed by atoms with Gasteiger partial charge in [-0.1, -0.05) is 30.3 Å². The van der Waals surface area contributed by atoms with Crippen LogP contribution in [0.25, 0.3) is 0 Å². The summed E-state index contributed by atoms with van der Waals surface area (Å²) < 4.78 is 36.2. The van der Waals surface area contributed by atoms with Gasteiger partial charge in [0, 0.05) is 6.54 Å². The molecule has 1 saturated heterocycles. The summed E-state index contributed by atoms with van der Waals surface area (Å²) in [5, 5.41) is 4.00. The normalized spacial score (nSPS) is 21.3.